The summed E-state index contributed by atoms with van der Waals surface area (Å²) in [7, 11) is 2.87. The molecule has 16 heteroatoms. The van der Waals surface area contributed by atoms with Gasteiger partial charge in [-0.05, 0) is 102 Å². The minimum atomic E-state index is -2.63. The molecule has 15 atom stereocenters. The Bertz CT molecular complexity index is 1690. The lowest BCUT2D eigenvalue weighted by atomic mass is 9.81. The van der Waals surface area contributed by atoms with Crippen molar-refractivity contribution in [3.8, 4) is 0 Å². The zero-order valence-electron chi connectivity index (χ0n) is 39.4. The first kappa shape index (κ1) is 53.1. The third kappa shape index (κ3) is 12.9. The van der Waals surface area contributed by atoms with E-state index in [1.54, 1.807) is 53.7 Å². The van der Waals surface area contributed by atoms with Gasteiger partial charge < -0.3 is 48.9 Å². The number of rotatable bonds is 10. The van der Waals surface area contributed by atoms with Crippen molar-refractivity contribution in [3.63, 3.8) is 0 Å². The largest absolute Gasteiger partial charge is 0.456 e. The third-order valence-corrected chi connectivity index (χ3v) is 13.8. The number of hydrogen-bond acceptors (Lipinski definition) is 13. The quantitative estimate of drug-likeness (QED) is 0.137. The van der Waals surface area contributed by atoms with Gasteiger partial charge in [0.25, 0.3) is 11.7 Å². The smallest absolute Gasteiger partial charge is 0.407 e. The Balaban J connectivity index is 1.77. The number of ketones is 2. The van der Waals surface area contributed by atoms with E-state index in [0.717, 1.165) is 4.90 Å². The Morgan fingerprint density at radius 2 is 1.72 bits per heavy atom. The van der Waals surface area contributed by atoms with Gasteiger partial charge >= 0.3 is 12.1 Å². The summed E-state index contributed by atoms with van der Waals surface area (Å²) in [4.78, 5) is 70.5. The van der Waals surface area contributed by atoms with Crippen LogP contribution in [0, 0.1) is 29.6 Å². The molecule has 2 amide bonds. The van der Waals surface area contributed by atoms with Gasteiger partial charge in [0.15, 0.2) is 0 Å². The van der Waals surface area contributed by atoms with Crippen LogP contribution in [-0.4, -0.2) is 139 Å². The molecule has 1 aliphatic carbocycles. The van der Waals surface area contributed by atoms with E-state index in [1.807, 2.05) is 13.0 Å². The van der Waals surface area contributed by atoms with Crippen molar-refractivity contribution >= 4 is 29.5 Å². The highest BCUT2D eigenvalue weighted by atomic mass is 19.1. The number of nitrogens with zero attached hydrogens (tertiary/aromatic N) is 1. The number of alkyl halides is 1. The van der Waals surface area contributed by atoms with Crippen molar-refractivity contribution < 1.29 is 67.0 Å². The van der Waals surface area contributed by atoms with Gasteiger partial charge in [-0.1, -0.05) is 45.9 Å². The first-order chi connectivity index (χ1) is 30.3. The number of methoxy groups -OCH3 is 2. The van der Waals surface area contributed by atoms with Crippen LogP contribution in [0.4, 0.5) is 9.18 Å². The van der Waals surface area contributed by atoms with Gasteiger partial charge in [0, 0.05) is 44.9 Å². The van der Waals surface area contributed by atoms with E-state index in [-0.39, 0.29) is 63.2 Å². The zero-order chi connectivity index (χ0) is 47.5. The molecule has 0 spiro atoms. The molecule has 3 aliphatic heterocycles. The number of carbonyl (C=O) groups excluding carboxylic acids is 5. The Hall–Kier alpha value is -3.54. The number of allylic oxidation sites excluding steroid dienone is 3. The van der Waals surface area contributed by atoms with Crippen molar-refractivity contribution in [3.05, 3.63) is 36.0 Å². The zero-order valence-corrected chi connectivity index (χ0v) is 39.4. The number of esters is 1. The van der Waals surface area contributed by atoms with E-state index in [0.29, 0.717) is 49.7 Å². The number of hydrogen-bond donors (Lipinski definition) is 3. The number of alkyl carbamates (subject to hydrolysis) is 1. The number of aliphatic hydroxyl groups excluding tert-OH is 1. The lowest BCUT2D eigenvalue weighted by Crippen LogP contribution is -2.64. The lowest BCUT2D eigenvalue weighted by molar-refractivity contribution is -0.302. The number of Topliss-reactive ketones (excluding diaryl/α,β-unsaturated/α-hetero) is 2. The molecule has 4 rings (SSSR count). The molecule has 0 radical (unpaired) electrons. The van der Waals surface area contributed by atoms with E-state index < -0.39 is 102 Å². The van der Waals surface area contributed by atoms with E-state index in [4.69, 9.17) is 28.4 Å². The van der Waals surface area contributed by atoms with Crippen LogP contribution in [0.3, 0.4) is 0 Å². The number of halogens is 1. The monoisotopic (exact) mass is 907 g/mol. The topological polar surface area (TPSA) is 196 Å². The van der Waals surface area contributed by atoms with Gasteiger partial charge in [0.2, 0.25) is 5.79 Å². The maximum Gasteiger partial charge on any atom is 0.407 e. The molecule has 2 saturated heterocycles. The highest BCUT2D eigenvalue weighted by molar-refractivity contribution is 6.39. The highest BCUT2D eigenvalue weighted by Gasteiger charge is 2.57. The second-order valence-electron chi connectivity index (χ2n) is 18.4. The molecule has 1 saturated carbocycles. The molecule has 15 nitrogen and oxygen atoms in total. The predicted molar refractivity (Wildman–Crippen MR) is 235 cm³/mol. The van der Waals surface area contributed by atoms with Crippen LogP contribution >= 0.6 is 0 Å². The second-order valence-corrected chi connectivity index (χ2v) is 18.4. The van der Waals surface area contributed by atoms with Gasteiger partial charge in [-0.2, -0.15) is 0 Å². The number of nitrogens with one attached hydrogen (secondary N) is 1. The number of cyclic esters (lactones) is 1. The summed E-state index contributed by atoms with van der Waals surface area (Å²) in [6, 6.07) is -1.53. The summed E-state index contributed by atoms with van der Waals surface area (Å²) in [6.45, 7) is 16.1. The number of fused-ring (bicyclic) bond motifs is 3. The maximum atomic E-state index is 16.3. The Labute approximate surface area is 378 Å². The van der Waals surface area contributed by atoms with Gasteiger partial charge in [-0.15, -0.1) is 6.58 Å². The number of aliphatic hydroxyl groups is 2. The van der Waals surface area contributed by atoms with E-state index in [1.165, 1.54) is 14.2 Å². The number of piperidine rings is 1. The van der Waals surface area contributed by atoms with Crippen molar-refractivity contribution in [2.24, 2.45) is 29.6 Å². The van der Waals surface area contributed by atoms with Crippen molar-refractivity contribution in [2.45, 2.75) is 173 Å². The Kier molecular flexibility index (Phi) is 20.1. The van der Waals surface area contributed by atoms with Crippen LogP contribution in [-0.2, 0) is 47.6 Å². The van der Waals surface area contributed by atoms with Crippen LogP contribution < -0.4 is 5.32 Å². The molecule has 4 aliphatic rings. The first-order valence-electron chi connectivity index (χ1n) is 23.2. The molecular formula is C48H75FN2O13. The van der Waals surface area contributed by atoms with Gasteiger partial charge in [-0.3, -0.25) is 14.4 Å². The molecule has 3 fully saturated rings. The van der Waals surface area contributed by atoms with Crippen molar-refractivity contribution in [1.29, 1.82) is 0 Å². The van der Waals surface area contributed by atoms with Crippen LogP contribution in [0.5, 0.6) is 0 Å². The Morgan fingerprint density at radius 1 is 1.03 bits per heavy atom. The molecule has 64 heavy (non-hydrogen) atoms. The molecule has 3 heterocycles. The average Bonchev–Trinajstić information content (AvgIpc) is 3.28. The summed E-state index contributed by atoms with van der Waals surface area (Å²) in [6.07, 6.45) is 0.781. The summed E-state index contributed by atoms with van der Waals surface area (Å²) in [5.74, 6) is -9.37. The van der Waals surface area contributed by atoms with Crippen molar-refractivity contribution in [2.75, 3.05) is 34.0 Å². The predicted octanol–water partition coefficient (Wildman–Crippen LogP) is 5.73. The standard InChI is InChI=1S/C48H75FN2O13/c1-11-20-62-38-25-32(17-18-34(38)50-47(57)61-13-3)21-29(6)42-31(8)36(52)26-37(53)33(12-2)22-27(4)41(49)28(5)23-39(59-9)43-40(60-10)24-30(7)48(58,64-43)44(54)45(55)51-19-15-14-16-35(51)46(56)63-42/h11,21-22,28,30-36,38-43,52,58H,1,12-20,23-26H2,2-10H3,(H,50,57). The van der Waals surface area contributed by atoms with Gasteiger partial charge in [0.1, 0.15) is 30.2 Å². The van der Waals surface area contributed by atoms with Crippen LogP contribution in [0.25, 0.3) is 0 Å². The lowest BCUT2D eigenvalue weighted by Gasteiger charge is -2.47. The van der Waals surface area contributed by atoms with Gasteiger partial charge in [-0.25, -0.2) is 14.0 Å². The second kappa shape index (κ2) is 24.3. The molecule has 15 unspecified atom stereocenters. The third-order valence-electron chi connectivity index (χ3n) is 13.8. The van der Waals surface area contributed by atoms with E-state index in [2.05, 4.69) is 11.9 Å². The average molecular weight is 907 g/mol. The SMILES string of the molecule is C=CCOC1CC(C=C(C)C2OC(=O)C3CCCCN3C(=O)C(=O)C3(O)OC(C(OC)CC(C)C(F)C(C)=CC(CC)C(=O)CC(O)C2C)C(OC)CC3C)CCC1NC(=O)OCC. The fourth-order valence-electron chi connectivity index (χ4n) is 9.92. The van der Waals surface area contributed by atoms with Gasteiger partial charge in [0.05, 0.1) is 43.7 Å². The molecule has 362 valence electrons. The number of carbonyl (C=O) groups is 5. The maximum absolute atomic E-state index is 16.3. The van der Waals surface area contributed by atoms with E-state index in [9.17, 15) is 34.2 Å². The van der Waals surface area contributed by atoms with Crippen molar-refractivity contribution in [1.82, 2.24) is 10.2 Å². The summed E-state index contributed by atoms with van der Waals surface area (Å²) >= 11 is 0. The summed E-state index contributed by atoms with van der Waals surface area (Å²) in [5.41, 5.74) is 0.904. The summed E-state index contributed by atoms with van der Waals surface area (Å²) in [5, 5.41) is 26.8. The first-order valence-corrected chi connectivity index (χ1v) is 23.2. The molecular weight excluding hydrogens is 832 g/mol. The molecule has 0 aromatic heterocycles. The summed E-state index contributed by atoms with van der Waals surface area (Å²) < 4.78 is 51.6. The highest BCUT2D eigenvalue weighted by Crippen LogP contribution is 2.39. The molecule has 2 bridgehead atoms. The fraction of sp³-hybridized carbons (Fsp3) is 0.771. The molecule has 0 aromatic carbocycles. The molecule has 0 aromatic rings. The minimum absolute atomic E-state index is 0.0289. The normalized spacial score (nSPS) is 38.0. The fourth-order valence-corrected chi connectivity index (χ4v) is 9.92. The van der Waals surface area contributed by atoms with Crippen LogP contribution in [0.1, 0.15) is 113 Å². The number of ether oxygens (including phenoxy) is 6. The molecule has 3 N–H and O–H groups in total. The van der Waals surface area contributed by atoms with Crippen LogP contribution in [0.2, 0.25) is 0 Å². The Morgan fingerprint density at radius 3 is 2.36 bits per heavy atom. The minimum Gasteiger partial charge on any atom is -0.456 e. The van der Waals surface area contributed by atoms with Crippen LogP contribution in [0.15, 0.2) is 36.0 Å². The van der Waals surface area contributed by atoms with E-state index >= 15 is 4.39 Å². The number of amides is 2.